The summed E-state index contributed by atoms with van der Waals surface area (Å²) in [6.45, 7) is 0. The molecule has 0 aliphatic heterocycles. The van der Waals surface area contributed by atoms with Gasteiger partial charge in [-0.3, -0.25) is 18.2 Å². The molecule has 13 nitrogen and oxygen atoms in total. The lowest BCUT2D eigenvalue weighted by Crippen LogP contribution is -1.97. The molecule has 0 amide bonds. The van der Waals surface area contributed by atoms with Gasteiger partial charge in [0.2, 0.25) is 5.75 Å². The van der Waals surface area contributed by atoms with Gasteiger partial charge in [-0.2, -0.15) is 16.8 Å². The van der Waals surface area contributed by atoms with Crippen molar-refractivity contribution < 1.29 is 54.8 Å². The number of phenolic OH excluding ortho intramolecular Hbond substituents is 1. The van der Waals surface area contributed by atoms with E-state index >= 15 is 0 Å². The maximum Gasteiger partial charge on any atom is 0.394 e. The van der Waals surface area contributed by atoms with Gasteiger partial charge in [0.05, 0.1) is 0 Å². The van der Waals surface area contributed by atoms with Crippen LogP contribution in [-0.2, 0) is 20.8 Å². The molecule has 0 aliphatic carbocycles. The van der Waals surface area contributed by atoms with E-state index in [1.54, 1.807) is 0 Å². The van der Waals surface area contributed by atoms with Crippen LogP contribution >= 0.6 is 0 Å². The van der Waals surface area contributed by atoms with Crippen molar-refractivity contribution in [3.63, 3.8) is 0 Å². The van der Waals surface area contributed by atoms with Crippen LogP contribution in [0, 0.1) is 0 Å². The summed E-state index contributed by atoms with van der Waals surface area (Å²) in [5, 5.41) is 27.7. The summed E-state index contributed by atoms with van der Waals surface area (Å²) in [6, 6.07) is 4.16. The Balaban J connectivity index is 0.000000442. The molecule has 2 aromatic rings. The number of phenols is 1. The molecule has 0 atom stereocenters. The predicted molar refractivity (Wildman–Crippen MR) is 75.8 cm³/mol. The van der Waals surface area contributed by atoms with Crippen LogP contribution in [0.2, 0.25) is 0 Å². The van der Waals surface area contributed by atoms with Crippen molar-refractivity contribution in [1.29, 1.82) is 0 Å². The van der Waals surface area contributed by atoms with Crippen molar-refractivity contribution in [2.45, 2.75) is 0 Å². The zero-order valence-corrected chi connectivity index (χ0v) is 12.8. The van der Waals surface area contributed by atoms with Crippen LogP contribution in [-0.4, -0.2) is 50.4 Å². The summed E-state index contributed by atoms with van der Waals surface area (Å²) in [5.41, 5.74) is -1.02. The molecule has 2 rings (SSSR count). The first-order chi connectivity index (χ1) is 10.6. The second-order valence-electron chi connectivity index (χ2n) is 3.63. The fourth-order valence-corrected chi connectivity index (χ4v) is 1.21. The van der Waals surface area contributed by atoms with Gasteiger partial charge in [0.1, 0.15) is 16.7 Å². The van der Waals surface area contributed by atoms with Gasteiger partial charge < -0.3 is 19.7 Å². The Kier molecular flexibility index (Phi) is 7.10. The summed E-state index contributed by atoms with van der Waals surface area (Å²) in [4.78, 5) is 10.9. The molecule has 7 N–H and O–H groups in total. The third-order valence-corrected chi connectivity index (χ3v) is 1.86. The summed E-state index contributed by atoms with van der Waals surface area (Å²) in [7, 11) is -9.33. The lowest BCUT2D eigenvalue weighted by molar-refractivity contribution is 0.375. The molecule has 0 fully saturated rings. The second kappa shape index (κ2) is 7.90. The molecule has 0 aliphatic rings. The summed E-state index contributed by atoms with van der Waals surface area (Å²) >= 11 is 0. The van der Waals surface area contributed by atoms with Gasteiger partial charge in [-0.25, -0.2) is 4.79 Å². The van der Waals surface area contributed by atoms with Crippen LogP contribution in [0.1, 0.15) is 0 Å². The van der Waals surface area contributed by atoms with E-state index in [4.69, 9.17) is 40.2 Å². The Hall–Kier alpha value is -2.43. The highest BCUT2D eigenvalue weighted by Crippen LogP contribution is 2.35. The highest BCUT2D eigenvalue weighted by atomic mass is 32.3. The number of benzene rings is 1. The molecule has 1 aromatic carbocycles. The van der Waals surface area contributed by atoms with Gasteiger partial charge in [-0.05, 0) is 12.1 Å². The van der Waals surface area contributed by atoms with Crippen molar-refractivity contribution in [1.82, 2.24) is 0 Å². The first-order valence-corrected chi connectivity index (χ1v) is 7.97. The largest absolute Gasteiger partial charge is 0.507 e. The minimum Gasteiger partial charge on any atom is -0.507 e. The lowest BCUT2D eigenvalue weighted by Gasteiger charge is -2.02. The van der Waals surface area contributed by atoms with Gasteiger partial charge >= 0.3 is 26.4 Å². The van der Waals surface area contributed by atoms with E-state index < -0.39 is 37.9 Å². The number of hydrogen-bond donors (Lipinski definition) is 7. The molecule has 24 heavy (non-hydrogen) atoms. The maximum atomic E-state index is 10.9. The number of rotatable bonds is 0. The maximum absolute atomic E-state index is 10.9. The van der Waals surface area contributed by atoms with E-state index in [2.05, 4.69) is 4.42 Å². The topological polar surface area (TPSA) is 240 Å². The quantitative estimate of drug-likeness (QED) is 0.224. The van der Waals surface area contributed by atoms with Gasteiger partial charge in [-0.15, -0.1) is 0 Å². The van der Waals surface area contributed by atoms with E-state index in [0.717, 1.165) is 0 Å². The molecular weight excluding hydrogens is 380 g/mol. The van der Waals surface area contributed by atoms with Crippen molar-refractivity contribution in [3.05, 3.63) is 28.6 Å². The van der Waals surface area contributed by atoms with E-state index in [1.807, 2.05) is 0 Å². The van der Waals surface area contributed by atoms with Gasteiger partial charge in [0.15, 0.2) is 5.75 Å². The Bertz CT molecular complexity index is 924. The van der Waals surface area contributed by atoms with Crippen LogP contribution < -0.4 is 5.63 Å². The molecule has 0 saturated carbocycles. The molecule has 0 bridgehead atoms. The van der Waals surface area contributed by atoms with Gasteiger partial charge in [0, 0.05) is 0 Å². The Morgan fingerprint density at radius 1 is 0.792 bits per heavy atom. The first-order valence-electron chi connectivity index (χ1n) is 5.17. The van der Waals surface area contributed by atoms with Crippen molar-refractivity contribution in [3.8, 4) is 17.2 Å². The molecule has 1 heterocycles. The molecule has 0 unspecified atom stereocenters. The molecule has 0 saturated heterocycles. The third kappa shape index (κ3) is 8.88. The van der Waals surface area contributed by atoms with Crippen molar-refractivity contribution in [2.24, 2.45) is 0 Å². The van der Waals surface area contributed by atoms with E-state index in [1.165, 1.54) is 18.2 Å². The number of fused-ring (bicyclic) bond motifs is 1. The zero-order valence-electron chi connectivity index (χ0n) is 11.1. The van der Waals surface area contributed by atoms with Crippen LogP contribution in [0.5, 0.6) is 17.2 Å². The SMILES string of the molecule is O=S(=O)(O)O.O=S(=O)(O)O.O=c1oc2cccc(O)c2c(O)c1O. The van der Waals surface area contributed by atoms with E-state index in [0.29, 0.717) is 0 Å². The molecule has 0 radical (unpaired) electrons. The highest BCUT2D eigenvalue weighted by Gasteiger charge is 2.14. The molecule has 15 heteroatoms. The normalized spacial score (nSPS) is 11.0. The standard InChI is InChI=1S/C9H6O5.2H2O4S/c10-4-2-1-3-5-6(4)7(11)8(12)9(13)14-5;2*1-5(2,3)4/h1-3,10-12H;2*(H2,1,2,3,4). The number of hydrogen-bond acceptors (Lipinski definition) is 9. The van der Waals surface area contributed by atoms with E-state index in [-0.39, 0.29) is 16.7 Å². The lowest BCUT2D eigenvalue weighted by atomic mass is 10.2. The summed E-state index contributed by atoms with van der Waals surface area (Å²) < 4.78 is 67.8. The predicted octanol–water partition coefficient (Wildman–Crippen LogP) is -0.396. The average Bonchev–Trinajstić information content (AvgIpc) is 2.32. The Morgan fingerprint density at radius 2 is 1.21 bits per heavy atom. The smallest absolute Gasteiger partial charge is 0.394 e. The molecule has 1 aromatic heterocycles. The van der Waals surface area contributed by atoms with Gasteiger partial charge in [-0.1, -0.05) is 6.07 Å². The van der Waals surface area contributed by atoms with Crippen LogP contribution in [0.15, 0.2) is 27.4 Å². The minimum atomic E-state index is -4.67. The molecule has 136 valence electrons. The van der Waals surface area contributed by atoms with Gasteiger partial charge in [0.25, 0.3) is 0 Å². The Morgan fingerprint density at radius 3 is 1.62 bits per heavy atom. The molecule has 0 spiro atoms. The van der Waals surface area contributed by atoms with Crippen LogP contribution in [0.4, 0.5) is 0 Å². The third-order valence-electron chi connectivity index (χ3n) is 1.86. The average molecular weight is 390 g/mol. The fraction of sp³-hybridized carbons (Fsp3) is 0. The van der Waals surface area contributed by atoms with Crippen molar-refractivity contribution >= 4 is 31.8 Å². The van der Waals surface area contributed by atoms with Crippen LogP contribution in [0.25, 0.3) is 11.0 Å². The zero-order chi connectivity index (χ0) is 19.3. The minimum absolute atomic E-state index is 0.0188. The second-order valence-corrected chi connectivity index (χ2v) is 5.42. The monoisotopic (exact) mass is 390 g/mol. The highest BCUT2D eigenvalue weighted by molar-refractivity contribution is 7.80. The fourth-order valence-electron chi connectivity index (χ4n) is 1.21. The number of aromatic hydroxyl groups is 3. The van der Waals surface area contributed by atoms with Crippen molar-refractivity contribution in [2.75, 3.05) is 0 Å². The van der Waals surface area contributed by atoms with Crippen LogP contribution in [0.3, 0.4) is 0 Å². The molecular formula is C9H10O13S2. The van der Waals surface area contributed by atoms with E-state index in [9.17, 15) is 15.0 Å². The summed E-state index contributed by atoms with van der Waals surface area (Å²) in [5.74, 6) is -1.84. The summed E-state index contributed by atoms with van der Waals surface area (Å²) in [6.07, 6.45) is 0. The Labute approximate surface area is 133 Å². The first kappa shape index (κ1) is 21.6.